The van der Waals surface area contributed by atoms with Crippen molar-refractivity contribution in [1.29, 1.82) is 0 Å². The molecule has 5 aliphatic rings. The van der Waals surface area contributed by atoms with Crippen molar-refractivity contribution >= 4 is 18.5 Å². The highest BCUT2D eigenvalue weighted by atomic mass is 16.5. The van der Waals surface area contributed by atoms with E-state index >= 15 is 0 Å². The number of aldehydes is 2. The molecule has 1 N–H and O–H groups in total. The molecule has 0 amide bonds. The van der Waals surface area contributed by atoms with E-state index in [1.807, 2.05) is 27.0 Å². The van der Waals surface area contributed by atoms with Gasteiger partial charge in [-0.15, -0.1) is 0 Å². The second kappa shape index (κ2) is 11.2. The Morgan fingerprint density at radius 2 is 1.65 bits per heavy atom. The minimum atomic E-state index is -0.686. The highest BCUT2D eigenvalue weighted by Gasteiger charge is 2.66. The number of carbonyl (C=O) groups excluding carboxylic acids is 3. The molecule has 0 spiro atoms. The van der Waals surface area contributed by atoms with Crippen LogP contribution in [0.2, 0.25) is 0 Å². The van der Waals surface area contributed by atoms with E-state index in [2.05, 4.69) is 46.9 Å². The smallest absolute Gasteiger partial charge is 0.307 e. The molecule has 0 aromatic carbocycles. The van der Waals surface area contributed by atoms with Crippen molar-refractivity contribution in [2.75, 3.05) is 7.05 Å². The summed E-state index contributed by atoms with van der Waals surface area (Å²) in [6.45, 7) is 18.3. The van der Waals surface area contributed by atoms with Crippen LogP contribution in [-0.4, -0.2) is 31.7 Å². The molecule has 5 aliphatic carbocycles. The molecule has 0 aromatic heterocycles. The third-order valence-corrected chi connectivity index (χ3v) is 14.0. The quantitative estimate of drug-likeness (QED) is 0.133. The molecule has 5 rings (SSSR count). The molecule has 8 atom stereocenters. The Labute approximate surface area is 261 Å². The Kier molecular flexibility index (Phi) is 8.43. The summed E-state index contributed by atoms with van der Waals surface area (Å²) in [4.78, 5) is 36.1. The van der Waals surface area contributed by atoms with Gasteiger partial charge in [-0.3, -0.25) is 9.59 Å². The van der Waals surface area contributed by atoms with Gasteiger partial charge in [-0.1, -0.05) is 66.5 Å². The van der Waals surface area contributed by atoms with E-state index in [9.17, 15) is 14.4 Å². The molecule has 4 saturated carbocycles. The molecule has 4 fully saturated rings. The number of ether oxygens (including phenoxy) is 1. The number of fused-ring (bicyclic) bond motifs is 7. The van der Waals surface area contributed by atoms with E-state index in [1.54, 1.807) is 11.1 Å². The summed E-state index contributed by atoms with van der Waals surface area (Å²) in [7, 11) is 2.00. The Morgan fingerprint density at radius 3 is 2.28 bits per heavy atom. The molecule has 240 valence electrons. The van der Waals surface area contributed by atoms with Gasteiger partial charge >= 0.3 is 5.97 Å². The highest BCUT2D eigenvalue weighted by Crippen LogP contribution is 2.73. The zero-order valence-corrected chi connectivity index (χ0v) is 28.6. The lowest BCUT2D eigenvalue weighted by Gasteiger charge is -2.69. The fourth-order valence-corrected chi connectivity index (χ4v) is 12.1. The number of hydrogen-bond donors (Lipinski definition) is 1. The van der Waals surface area contributed by atoms with Gasteiger partial charge in [-0.05, 0) is 111 Å². The topological polar surface area (TPSA) is 72.5 Å². The van der Waals surface area contributed by atoms with Crippen molar-refractivity contribution < 1.29 is 19.1 Å². The minimum absolute atomic E-state index is 0.00305. The van der Waals surface area contributed by atoms with Crippen LogP contribution in [0.4, 0.5) is 0 Å². The summed E-state index contributed by atoms with van der Waals surface area (Å²) in [6.07, 6.45) is 15.3. The Morgan fingerprint density at radius 1 is 0.953 bits per heavy atom. The van der Waals surface area contributed by atoms with Crippen LogP contribution in [-0.2, 0) is 19.1 Å². The molecular formula is C38H59NO4. The van der Waals surface area contributed by atoms with Crippen LogP contribution in [0.5, 0.6) is 0 Å². The number of carbonyl (C=O) groups is 3. The molecular weight excluding hydrogens is 534 g/mol. The van der Waals surface area contributed by atoms with Gasteiger partial charge in [0.05, 0.1) is 6.42 Å². The Hall–Kier alpha value is -1.91. The van der Waals surface area contributed by atoms with Crippen LogP contribution in [0.25, 0.3) is 0 Å². The fourth-order valence-electron chi connectivity index (χ4n) is 12.1. The van der Waals surface area contributed by atoms with E-state index < -0.39 is 5.41 Å². The Balaban J connectivity index is 1.44. The van der Waals surface area contributed by atoms with Crippen molar-refractivity contribution in [2.45, 2.75) is 132 Å². The van der Waals surface area contributed by atoms with Gasteiger partial charge in [-0.2, -0.15) is 0 Å². The second-order valence-electron chi connectivity index (χ2n) is 17.2. The van der Waals surface area contributed by atoms with Gasteiger partial charge in [0.2, 0.25) is 0 Å². The predicted molar refractivity (Wildman–Crippen MR) is 172 cm³/mol. The van der Waals surface area contributed by atoms with Crippen LogP contribution < -0.4 is 5.32 Å². The first-order valence-corrected chi connectivity index (χ1v) is 17.3. The van der Waals surface area contributed by atoms with E-state index in [0.29, 0.717) is 35.0 Å². The Bertz CT molecular complexity index is 1190. The average molecular weight is 594 g/mol. The lowest BCUT2D eigenvalue weighted by molar-refractivity contribution is -0.213. The third-order valence-electron chi connectivity index (χ3n) is 14.0. The molecule has 6 unspecified atom stereocenters. The number of nitrogens with one attached hydrogen (secondary N) is 1. The van der Waals surface area contributed by atoms with Gasteiger partial charge < -0.3 is 14.8 Å². The van der Waals surface area contributed by atoms with Crippen LogP contribution in [0.15, 0.2) is 22.9 Å². The van der Waals surface area contributed by atoms with E-state index in [1.165, 1.54) is 32.1 Å². The van der Waals surface area contributed by atoms with Crippen molar-refractivity contribution in [2.24, 2.45) is 56.7 Å². The summed E-state index contributed by atoms with van der Waals surface area (Å²) in [5.41, 5.74) is 4.25. The predicted octanol–water partition coefficient (Wildman–Crippen LogP) is 8.23. The van der Waals surface area contributed by atoms with E-state index in [-0.39, 0.29) is 34.7 Å². The summed E-state index contributed by atoms with van der Waals surface area (Å²) < 4.78 is 6.19. The third kappa shape index (κ3) is 4.98. The van der Waals surface area contributed by atoms with Crippen LogP contribution >= 0.6 is 0 Å². The first kappa shape index (κ1) is 32.5. The monoisotopic (exact) mass is 593 g/mol. The first-order valence-electron chi connectivity index (χ1n) is 17.3. The standard InChI is InChI=1S/C38H59NO4/c1-24(2)25-12-19-38(30(39-9)16-21-40)20-13-27-26(33(25)38)10-11-29-36(27,7)17-14-28-35(5,6)31(15-18-37(28,29)8)43-32(42)22-34(3,4)23-41/h16,21,23-24,26-29,31,39H,10-15,17-20,22H2,1-9H3/b30-16-/t26?,27?,28-,29-,31?,36?,37?,38?/m0/s1. The van der Waals surface area contributed by atoms with Crippen LogP contribution in [0, 0.1) is 56.7 Å². The SMILES string of the molecule is CN/C(=C\C=O)C12CCC(C(C)C)=C1C1CC[C@H]3C(C)(CC[C@H]4C(C)(C)C(OC(=O)CC(C)(C)C=O)CCC43C)C1CC2. The maximum Gasteiger partial charge on any atom is 0.307 e. The summed E-state index contributed by atoms with van der Waals surface area (Å²) in [5, 5.41) is 3.48. The summed E-state index contributed by atoms with van der Waals surface area (Å²) in [5.74, 6) is 2.76. The van der Waals surface area contributed by atoms with Crippen molar-refractivity contribution in [3.63, 3.8) is 0 Å². The fraction of sp³-hybridized carbons (Fsp3) is 0.816. The number of allylic oxidation sites excluding steroid dienone is 3. The van der Waals surface area contributed by atoms with Crippen molar-refractivity contribution in [1.82, 2.24) is 5.32 Å². The molecule has 0 aliphatic heterocycles. The molecule has 0 saturated heterocycles. The molecule has 0 bridgehead atoms. The highest BCUT2D eigenvalue weighted by molar-refractivity contribution is 5.75. The van der Waals surface area contributed by atoms with E-state index in [4.69, 9.17) is 4.74 Å². The zero-order valence-electron chi connectivity index (χ0n) is 28.6. The number of hydrogen-bond acceptors (Lipinski definition) is 5. The van der Waals surface area contributed by atoms with Gasteiger partial charge in [-0.25, -0.2) is 0 Å². The molecule has 5 nitrogen and oxygen atoms in total. The zero-order chi connectivity index (χ0) is 31.6. The summed E-state index contributed by atoms with van der Waals surface area (Å²) >= 11 is 0. The molecule has 0 radical (unpaired) electrons. The lowest BCUT2D eigenvalue weighted by Crippen LogP contribution is -2.63. The maximum absolute atomic E-state index is 12.9. The molecule has 5 heteroatoms. The van der Waals surface area contributed by atoms with E-state index in [0.717, 1.165) is 50.4 Å². The van der Waals surface area contributed by atoms with Gasteiger partial charge in [0.15, 0.2) is 0 Å². The van der Waals surface area contributed by atoms with Crippen molar-refractivity contribution in [3.05, 3.63) is 22.9 Å². The number of rotatable bonds is 8. The molecule has 0 heterocycles. The van der Waals surface area contributed by atoms with Crippen LogP contribution in [0.1, 0.15) is 126 Å². The van der Waals surface area contributed by atoms with Gasteiger partial charge in [0.25, 0.3) is 0 Å². The first-order chi connectivity index (χ1) is 20.1. The molecule has 0 aromatic rings. The van der Waals surface area contributed by atoms with Crippen molar-refractivity contribution in [3.8, 4) is 0 Å². The number of esters is 1. The maximum atomic E-state index is 12.9. The average Bonchev–Trinajstić information content (AvgIpc) is 3.34. The lowest BCUT2D eigenvalue weighted by atomic mass is 9.36. The normalized spacial score (nSPS) is 40.6. The molecule has 43 heavy (non-hydrogen) atoms. The van der Waals surface area contributed by atoms with Crippen LogP contribution in [0.3, 0.4) is 0 Å². The van der Waals surface area contributed by atoms with Gasteiger partial charge in [0, 0.05) is 29.0 Å². The van der Waals surface area contributed by atoms with Gasteiger partial charge in [0.1, 0.15) is 18.7 Å². The largest absolute Gasteiger partial charge is 0.462 e. The second-order valence-corrected chi connectivity index (χ2v) is 17.2. The minimum Gasteiger partial charge on any atom is -0.462 e. The summed E-state index contributed by atoms with van der Waals surface area (Å²) in [6, 6.07) is 0.